The molecule has 0 unspecified atom stereocenters. The number of aromatic nitrogens is 2. The van der Waals surface area contributed by atoms with Gasteiger partial charge in [-0.05, 0) is 19.8 Å². The molecule has 0 spiro atoms. The summed E-state index contributed by atoms with van der Waals surface area (Å²) in [7, 11) is 0. The number of H-pyrrole nitrogens is 1. The first-order chi connectivity index (χ1) is 7.68. The van der Waals surface area contributed by atoms with Crippen molar-refractivity contribution in [2.75, 3.05) is 0 Å². The smallest absolute Gasteiger partial charge is 0.257 e. The van der Waals surface area contributed by atoms with E-state index in [4.69, 9.17) is 0 Å². The maximum atomic E-state index is 11.5. The third-order valence-corrected chi connectivity index (χ3v) is 3.39. The van der Waals surface area contributed by atoms with Gasteiger partial charge in [-0.25, -0.2) is 0 Å². The summed E-state index contributed by atoms with van der Waals surface area (Å²) in [6.45, 7) is 1.58. The van der Waals surface area contributed by atoms with Crippen LogP contribution in [0.2, 0.25) is 0 Å². The molecule has 16 heavy (non-hydrogen) atoms. The minimum absolute atomic E-state index is 0.122. The Balaban J connectivity index is 2.28. The molecule has 4 nitrogen and oxygen atoms in total. The van der Waals surface area contributed by atoms with E-state index >= 15 is 0 Å². The van der Waals surface area contributed by atoms with Crippen molar-refractivity contribution >= 4 is 0 Å². The number of aromatic amines is 1. The first-order valence-corrected chi connectivity index (χ1v) is 5.98. The molecule has 88 valence electrons. The zero-order valence-electron chi connectivity index (χ0n) is 9.62. The lowest BCUT2D eigenvalue weighted by atomic mass is 9.99. The van der Waals surface area contributed by atoms with E-state index in [1.807, 2.05) is 0 Å². The van der Waals surface area contributed by atoms with Crippen molar-refractivity contribution in [3.05, 3.63) is 21.7 Å². The van der Waals surface area contributed by atoms with E-state index in [9.17, 15) is 9.90 Å². The lowest BCUT2D eigenvalue weighted by molar-refractivity contribution is 0.435. The molecular formula is C12H18N2O2. The summed E-state index contributed by atoms with van der Waals surface area (Å²) in [6.07, 6.45) is 7.01. The van der Waals surface area contributed by atoms with Crippen LogP contribution in [0.3, 0.4) is 0 Å². The summed E-state index contributed by atoms with van der Waals surface area (Å²) < 4.78 is 0. The van der Waals surface area contributed by atoms with Gasteiger partial charge in [-0.3, -0.25) is 4.79 Å². The van der Waals surface area contributed by atoms with E-state index in [-0.39, 0.29) is 11.4 Å². The molecule has 1 aliphatic rings. The van der Waals surface area contributed by atoms with Gasteiger partial charge in [-0.2, -0.15) is 4.98 Å². The Labute approximate surface area is 94.7 Å². The van der Waals surface area contributed by atoms with Crippen LogP contribution in [0.5, 0.6) is 5.88 Å². The van der Waals surface area contributed by atoms with Crippen LogP contribution in [-0.2, 0) is 0 Å². The molecule has 0 aromatic carbocycles. The summed E-state index contributed by atoms with van der Waals surface area (Å²) in [5.74, 6) is 0.847. The van der Waals surface area contributed by atoms with Crippen LogP contribution >= 0.6 is 0 Å². The van der Waals surface area contributed by atoms with Crippen molar-refractivity contribution in [3.63, 3.8) is 0 Å². The molecule has 2 N–H and O–H groups in total. The van der Waals surface area contributed by atoms with Gasteiger partial charge in [-0.1, -0.05) is 25.7 Å². The van der Waals surface area contributed by atoms with Gasteiger partial charge in [0.1, 0.15) is 5.82 Å². The highest BCUT2D eigenvalue weighted by Crippen LogP contribution is 2.29. The summed E-state index contributed by atoms with van der Waals surface area (Å²) in [5.41, 5.74) is 0.0871. The zero-order valence-corrected chi connectivity index (χ0v) is 9.62. The molecule has 0 aliphatic heterocycles. The standard InChI is InChI=1S/C12H18N2O2/c1-8-11(15)13-10(14-12(8)16)9-6-4-2-3-5-7-9/h9H,2-7H2,1H3,(H2,13,14,15,16). The Morgan fingerprint density at radius 2 is 1.88 bits per heavy atom. The maximum absolute atomic E-state index is 11.5. The average molecular weight is 222 g/mol. The SMILES string of the molecule is Cc1c(O)nc(C2CCCCCC2)[nH]c1=O. The topological polar surface area (TPSA) is 66.0 Å². The lowest BCUT2D eigenvalue weighted by Crippen LogP contribution is -2.16. The van der Waals surface area contributed by atoms with Gasteiger partial charge in [0.15, 0.2) is 0 Å². The summed E-state index contributed by atoms with van der Waals surface area (Å²) in [4.78, 5) is 18.4. The fourth-order valence-electron chi connectivity index (χ4n) is 2.28. The third kappa shape index (κ3) is 2.26. The highest BCUT2D eigenvalue weighted by molar-refractivity contribution is 5.21. The van der Waals surface area contributed by atoms with Crippen molar-refractivity contribution in [1.82, 2.24) is 9.97 Å². The molecule has 2 rings (SSSR count). The molecule has 1 aromatic heterocycles. The van der Waals surface area contributed by atoms with Crippen LogP contribution in [0, 0.1) is 6.92 Å². The molecule has 1 aromatic rings. The van der Waals surface area contributed by atoms with E-state index < -0.39 is 0 Å². The van der Waals surface area contributed by atoms with Crippen LogP contribution in [0.4, 0.5) is 0 Å². The van der Waals surface area contributed by atoms with Gasteiger partial charge in [-0.15, -0.1) is 0 Å². The number of hydrogen-bond donors (Lipinski definition) is 2. The van der Waals surface area contributed by atoms with Gasteiger partial charge in [0.25, 0.3) is 5.56 Å². The minimum Gasteiger partial charge on any atom is -0.493 e. The molecule has 4 heteroatoms. The van der Waals surface area contributed by atoms with E-state index in [1.54, 1.807) is 6.92 Å². The normalized spacial score (nSPS) is 18.3. The molecule has 1 saturated carbocycles. The van der Waals surface area contributed by atoms with E-state index in [0.717, 1.165) is 12.8 Å². The molecule has 1 fully saturated rings. The fraction of sp³-hybridized carbons (Fsp3) is 0.667. The van der Waals surface area contributed by atoms with Gasteiger partial charge < -0.3 is 10.1 Å². The van der Waals surface area contributed by atoms with Gasteiger partial charge in [0.05, 0.1) is 5.56 Å². The molecule has 1 heterocycles. The Morgan fingerprint density at radius 1 is 1.25 bits per heavy atom. The van der Waals surface area contributed by atoms with Crippen LogP contribution < -0.4 is 5.56 Å². The highest BCUT2D eigenvalue weighted by atomic mass is 16.3. The zero-order chi connectivity index (χ0) is 11.5. The van der Waals surface area contributed by atoms with Crippen molar-refractivity contribution < 1.29 is 5.11 Å². The monoisotopic (exact) mass is 222 g/mol. The molecule has 0 radical (unpaired) electrons. The number of nitrogens with zero attached hydrogens (tertiary/aromatic N) is 1. The van der Waals surface area contributed by atoms with Crippen molar-refractivity contribution in [2.24, 2.45) is 0 Å². The fourth-order valence-corrected chi connectivity index (χ4v) is 2.28. The second kappa shape index (κ2) is 4.68. The Kier molecular flexibility index (Phi) is 3.27. The lowest BCUT2D eigenvalue weighted by Gasteiger charge is -2.13. The quantitative estimate of drug-likeness (QED) is 0.716. The third-order valence-electron chi connectivity index (χ3n) is 3.39. The minimum atomic E-state index is -0.216. The van der Waals surface area contributed by atoms with Crippen LogP contribution in [0.25, 0.3) is 0 Å². The number of aromatic hydroxyl groups is 1. The number of hydrogen-bond acceptors (Lipinski definition) is 3. The molecule has 0 amide bonds. The summed E-state index contributed by atoms with van der Waals surface area (Å²) >= 11 is 0. The van der Waals surface area contributed by atoms with Crippen LogP contribution in [0.1, 0.15) is 55.8 Å². The molecule has 0 saturated heterocycles. The number of rotatable bonds is 1. The molecule has 0 bridgehead atoms. The molecule has 0 atom stereocenters. The van der Waals surface area contributed by atoms with Crippen LogP contribution in [0.15, 0.2) is 4.79 Å². The Hall–Kier alpha value is -1.32. The predicted molar refractivity (Wildman–Crippen MR) is 61.7 cm³/mol. The highest BCUT2D eigenvalue weighted by Gasteiger charge is 2.18. The molecular weight excluding hydrogens is 204 g/mol. The van der Waals surface area contributed by atoms with E-state index in [1.165, 1.54) is 25.7 Å². The Morgan fingerprint density at radius 3 is 2.44 bits per heavy atom. The number of nitrogens with one attached hydrogen (secondary N) is 1. The predicted octanol–water partition coefficient (Wildman–Crippen LogP) is 2.22. The van der Waals surface area contributed by atoms with Gasteiger partial charge in [0.2, 0.25) is 5.88 Å². The largest absolute Gasteiger partial charge is 0.493 e. The second-order valence-corrected chi connectivity index (χ2v) is 4.59. The average Bonchev–Trinajstić information content (AvgIpc) is 2.53. The summed E-state index contributed by atoms with van der Waals surface area (Å²) in [5, 5.41) is 9.55. The van der Waals surface area contributed by atoms with Crippen molar-refractivity contribution in [2.45, 2.75) is 51.4 Å². The van der Waals surface area contributed by atoms with Gasteiger partial charge >= 0.3 is 0 Å². The van der Waals surface area contributed by atoms with Crippen molar-refractivity contribution in [3.8, 4) is 5.88 Å². The maximum Gasteiger partial charge on any atom is 0.257 e. The Bertz CT molecular complexity index is 418. The summed E-state index contributed by atoms with van der Waals surface area (Å²) in [6, 6.07) is 0. The first kappa shape index (κ1) is 11.2. The van der Waals surface area contributed by atoms with E-state index in [2.05, 4.69) is 9.97 Å². The first-order valence-electron chi connectivity index (χ1n) is 5.98. The van der Waals surface area contributed by atoms with Crippen molar-refractivity contribution in [1.29, 1.82) is 0 Å². The molecule has 1 aliphatic carbocycles. The van der Waals surface area contributed by atoms with E-state index in [0.29, 0.717) is 17.3 Å². The van der Waals surface area contributed by atoms with Gasteiger partial charge in [0, 0.05) is 5.92 Å². The second-order valence-electron chi connectivity index (χ2n) is 4.59. The van der Waals surface area contributed by atoms with Crippen LogP contribution in [-0.4, -0.2) is 15.1 Å².